The average Bonchev–Trinajstić information content (AvgIpc) is 3.04. The molecule has 2 aliphatic rings. The minimum Gasteiger partial charge on any atom is -0.320 e. The molecule has 2 nitrogen and oxygen atoms in total. The molecule has 0 amide bonds. The summed E-state index contributed by atoms with van der Waals surface area (Å²) in [5.41, 5.74) is 9.73. The van der Waals surface area contributed by atoms with Crippen molar-refractivity contribution in [2.45, 2.75) is 57.0 Å². The summed E-state index contributed by atoms with van der Waals surface area (Å²) in [4.78, 5) is 2.65. The molecule has 3 rings (SSSR count). The van der Waals surface area contributed by atoms with Gasteiger partial charge in [-0.2, -0.15) is 0 Å². The maximum absolute atomic E-state index is 6.94. The third kappa shape index (κ3) is 2.21. The van der Waals surface area contributed by atoms with Crippen LogP contribution in [0.15, 0.2) is 24.3 Å². The fourth-order valence-corrected chi connectivity index (χ4v) is 4.00. The molecule has 1 fully saturated rings. The summed E-state index contributed by atoms with van der Waals surface area (Å²) in [7, 11) is 0. The highest BCUT2D eigenvalue weighted by Crippen LogP contribution is 2.42. The Kier molecular flexibility index (Phi) is 3.64. The van der Waals surface area contributed by atoms with Crippen LogP contribution < -0.4 is 5.73 Å². The van der Waals surface area contributed by atoms with Crippen molar-refractivity contribution >= 4 is 0 Å². The van der Waals surface area contributed by atoms with Crippen LogP contribution in [0, 0.1) is 0 Å². The van der Waals surface area contributed by atoms with Crippen LogP contribution in [-0.2, 0) is 12.0 Å². The molecule has 0 spiro atoms. The van der Waals surface area contributed by atoms with Crippen LogP contribution in [0.2, 0.25) is 0 Å². The molecular formula is C17H26N2. The Morgan fingerprint density at radius 3 is 2.74 bits per heavy atom. The van der Waals surface area contributed by atoms with E-state index >= 15 is 0 Å². The predicted molar refractivity (Wildman–Crippen MR) is 80.1 cm³/mol. The zero-order valence-corrected chi connectivity index (χ0v) is 12.1. The number of nitrogens with zero attached hydrogens (tertiary/aromatic N) is 1. The van der Waals surface area contributed by atoms with Crippen molar-refractivity contribution in [3.63, 3.8) is 0 Å². The molecule has 0 saturated carbocycles. The first kappa shape index (κ1) is 13.1. The molecule has 0 bridgehead atoms. The molecule has 19 heavy (non-hydrogen) atoms. The molecule has 2 N–H and O–H groups in total. The number of likely N-dealkylation sites (tertiary alicyclic amines) is 1. The fraction of sp³-hybridized carbons (Fsp3) is 0.647. The van der Waals surface area contributed by atoms with Crippen LogP contribution in [0.3, 0.4) is 0 Å². The molecule has 1 heterocycles. The van der Waals surface area contributed by atoms with Crippen molar-refractivity contribution in [2.24, 2.45) is 5.73 Å². The summed E-state index contributed by atoms with van der Waals surface area (Å²) in [5.74, 6) is 0. The van der Waals surface area contributed by atoms with E-state index in [1.807, 2.05) is 0 Å². The van der Waals surface area contributed by atoms with Crippen molar-refractivity contribution in [1.82, 2.24) is 4.90 Å². The van der Waals surface area contributed by atoms with Crippen molar-refractivity contribution < 1.29 is 0 Å². The second-order valence-corrected chi connectivity index (χ2v) is 6.26. The van der Waals surface area contributed by atoms with E-state index in [2.05, 4.69) is 36.1 Å². The van der Waals surface area contributed by atoms with Gasteiger partial charge in [0.1, 0.15) is 0 Å². The number of benzene rings is 1. The molecule has 104 valence electrons. The summed E-state index contributed by atoms with van der Waals surface area (Å²) in [6, 6.07) is 9.38. The third-order valence-electron chi connectivity index (χ3n) is 5.05. The Bertz CT molecular complexity index is 437. The monoisotopic (exact) mass is 258 g/mol. The average molecular weight is 258 g/mol. The molecule has 1 aliphatic carbocycles. The number of hydrogen-bond donors (Lipinski definition) is 1. The first-order chi connectivity index (χ1) is 9.25. The fourth-order valence-electron chi connectivity index (χ4n) is 4.00. The maximum Gasteiger partial charge on any atom is 0.0573 e. The minimum atomic E-state index is -0.114. The number of hydrogen-bond acceptors (Lipinski definition) is 2. The summed E-state index contributed by atoms with van der Waals surface area (Å²) in [6.07, 6.45) is 7.43. The highest BCUT2D eigenvalue weighted by molar-refractivity contribution is 5.41. The van der Waals surface area contributed by atoms with Gasteiger partial charge in [0.05, 0.1) is 5.54 Å². The second kappa shape index (κ2) is 5.26. The van der Waals surface area contributed by atoms with Crippen molar-refractivity contribution in [1.29, 1.82) is 0 Å². The molecule has 2 heteroatoms. The van der Waals surface area contributed by atoms with E-state index in [4.69, 9.17) is 5.73 Å². The maximum atomic E-state index is 6.94. The molecular weight excluding hydrogens is 232 g/mol. The molecule has 1 aliphatic heterocycles. The first-order valence-electron chi connectivity index (χ1n) is 7.87. The van der Waals surface area contributed by atoms with Crippen LogP contribution in [0.4, 0.5) is 0 Å². The lowest BCUT2D eigenvalue weighted by Crippen LogP contribution is -2.53. The van der Waals surface area contributed by atoms with Gasteiger partial charge < -0.3 is 5.73 Å². The topological polar surface area (TPSA) is 29.3 Å². The van der Waals surface area contributed by atoms with Gasteiger partial charge in [0.25, 0.3) is 0 Å². The van der Waals surface area contributed by atoms with Gasteiger partial charge in [-0.05, 0) is 49.9 Å². The number of rotatable bonds is 4. The molecule has 1 aromatic carbocycles. The van der Waals surface area contributed by atoms with Gasteiger partial charge in [0, 0.05) is 6.04 Å². The van der Waals surface area contributed by atoms with Gasteiger partial charge in [-0.15, -0.1) is 0 Å². The van der Waals surface area contributed by atoms with Crippen LogP contribution in [-0.4, -0.2) is 24.0 Å². The lowest BCUT2D eigenvalue weighted by molar-refractivity contribution is 0.150. The minimum absolute atomic E-state index is 0.114. The van der Waals surface area contributed by atoms with E-state index in [9.17, 15) is 0 Å². The Morgan fingerprint density at radius 2 is 2.00 bits per heavy atom. The largest absolute Gasteiger partial charge is 0.320 e. The van der Waals surface area contributed by atoms with Crippen molar-refractivity contribution in [3.05, 3.63) is 35.4 Å². The van der Waals surface area contributed by atoms with Crippen LogP contribution in [0.5, 0.6) is 0 Å². The van der Waals surface area contributed by atoms with Gasteiger partial charge in [-0.25, -0.2) is 0 Å². The van der Waals surface area contributed by atoms with Crippen LogP contribution in [0.1, 0.15) is 50.2 Å². The quantitative estimate of drug-likeness (QED) is 0.899. The van der Waals surface area contributed by atoms with Crippen LogP contribution in [0.25, 0.3) is 0 Å². The summed E-state index contributed by atoms with van der Waals surface area (Å²) < 4.78 is 0. The predicted octanol–water partition coefficient (Wildman–Crippen LogP) is 3.05. The first-order valence-corrected chi connectivity index (χ1v) is 7.87. The van der Waals surface area contributed by atoms with E-state index in [1.165, 1.54) is 49.9 Å². The van der Waals surface area contributed by atoms with Crippen LogP contribution >= 0.6 is 0 Å². The Balaban J connectivity index is 1.92. The standard InChI is InChI=1S/C17H26N2/c1-2-3-10-17(18)15-9-5-4-8-14(15)13-16(17)19-11-6-7-12-19/h4-5,8-9,16H,2-3,6-7,10-13,18H2,1H3. The van der Waals surface area contributed by atoms with E-state index in [-0.39, 0.29) is 5.54 Å². The lowest BCUT2D eigenvalue weighted by atomic mass is 9.84. The third-order valence-corrected chi connectivity index (χ3v) is 5.05. The zero-order valence-electron chi connectivity index (χ0n) is 12.1. The van der Waals surface area contributed by atoms with Crippen molar-refractivity contribution in [3.8, 4) is 0 Å². The summed E-state index contributed by atoms with van der Waals surface area (Å²) in [6.45, 7) is 4.74. The molecule has 0 radical (unpaired) electrons. The van der Waals surface area contributed by atoms with E-state index < -0.39 is 0 Å². The normalized spacial score (nSPS) is 30.7. The van der Waals surface area contributed by atoms with Gasteiger partial charge in [-0.1, -0.05) is 44.0 Å². The van der Waals surface area contributed by atoms with Gasteiger partial charge in [0.2, 0.25) is 0 Å². The van der Waals surface area contributed by atoms with E-state index in [0.717, 1.165) is 12.8 Å². The SMILES string of the molecule is CCCCC1(N)c2ccccc2CC1N1CCCC1. The highest BCUT2D eigenvalue weighted by atomic mass is 15.2. The van der Waals surface area contributed by atoms with E-state index in [0.29, 0.717) is 6.04 Å². The Morgan fingerprint density at radius 1 is 1.26 bits per heavy atom. The van der Waals surface area contributed by atoms with Crippen molar-refractivity contribution in [2.75, 3.05) is 13.1 Å². The second-order valence-electron chi connectivity index (χ2n) is 6.26. The molecule has 2 unspecified atom stereocenters. The Hall–Kier alpha value is -0.860. The smallest absolute Gasteiger partial charge is 0.0573 e. The van der Waals surface area contributed by atoms with Gasteiger partial charge in [0.15, 0.2) is 0 Å². The molecule has 1 saturated heterocycles. The van der Waals surface area contributed by atoms with E-state index in [1.54, 1.807) is 0 Å². The zero-order chi connectivity index (χ0) is 13.3. The number of fused-ring (bicyclic) bond motifs is 1. The summed E-state index contributed by atoms with van der Waals surface area (Å²) in [5, 5.41) is 0. The number of unbranched alkanes of at least 4 members (excludes halogenated alkanes) is 1. The molecule has 0 aromatic heterocycles. The van der Waals surface area contributed by atoms with Gasteiger partial charge in [-0.3, -0.25) is 4.90 Å². The summed E-state index contributed by atoms with van der Waals surface area (Å²) >= 11 is 0. The highest BCUT2D eigenvalue weighted by Gasteiger charge is 2.46. The molecule has 2 atom stereocenters. The number of nitrogens with two attached hydrogens (primary N) is 1. The molecule has 1 aromatic rings. The van der Waals surface area contributed by atoms with Gasteiger partial charge >= 0.3 is 0 Å². The Labute approximate surface area is 117 Å². The lowest BCUT2D eigenvalue weighted by Gasteiger charge is -2.38.